The number of benzene rings is 3. The van der Waals surface area contributed by atoms with Gasteiger partial charge in [-0.3, -0.25) is 4.79 Å². The second kappa shape index (κ2) is 10.4. The number of nitriles is 1. The number of rotatable bonds is 7. The molecule has 3 aromatic carbocycles. The third-order valence-corrected chi connectivity index (χ3v) is 6.07. The average Bonchev–Trinajstić information content (AvgIpc) is 2.80. The number of methoxy groups -OCH3 is 1. The van der Waals surface area contributed by atoms with E-state index in [1.807, 2.05) is 6.92 Å². The van der Waals surface area contributed by atoms with E-state index < -0.39 is 21.8 Å². The quantitative estimate of drug-likeness (QED) is 0.274. The van der Waals surface area contributed by atoms with Crippen molar-refractivity contribution < 1.29 is 26.5 Å². The van der Waals surface area contributed by atoms with Gasteiger partial charge in [0.25, 0.3) is 5.91 Å². The first-order valence-corrected chi connectivity index (χ1v) is 11.5. The molecule has 0 radical (unpaired) electrons. The molecule has 1 N–H and O–H groups in total. The Bertz CT molecular complexity index is 1410. The van der Waals surface area contributed by atoms with Gasteiger partial charge in [-0.05, 0) is 55.0 Å². The fourth-order valence-electron chi connectivity index (χ4n) is 2.83. The molecular formula is C24H18ClFN2O5S. The van der Waals surface area contributed by atoms with Crippen LogP contribution in [0.15, 0.2) is 71.1 Å². The van der Waals surface area contributed by atoms with Gasteiger partial charge in [0, 0.05) is 0 Å². The highest BCUT2D eigenvalue weighted by atomic mass is 35.5. The molecule has 0 unspecified atom stereocenters. The Hall–Kier alpha value is -3.87. The molecule has 7 nitrogen and oxygen atoms in total. The lowest BCUT2D eigenvalue weighted by atomic mass is 10.1. The summed E-state index contributed by atoms with van der Waals surface area (Å²) in [6, 6.07) is 15.9. The summed E-state index contributed by atoms with van der Waals surface area (Å²) in [5.74, 6) is -1.79. The number of aryl methyl sites for hydroxylation is 1. The first kappa shape index (κ1) is 24.8. The molecule has 0 saturated heterocycles. The Labute approximate surface area is 201 Å². The van der Waals surface area contributed by atoms with Crippen LogP contribution >= 0.6 is 11.6 Å². The fraction of sp³-hybridized carbons (Fsp3) is 0.0833. The van der Waals surface area contributed by atoms with E-state index in [1.54, 1.807) is 18.2 Å². The molecule has 0 spiro atoms. The van der Waals surface area contributed by atoms with Gasteiger partial charge < -0.3 is 14.2 Å². The predicted molar refractivity (Wildman–Crippen MR) is 126 cm³/mol. The van der Waals surface area contributed by atoms with Crippen molar-refractivity contribution in [3.8, 4) is 17.6 Å². The topological polar surface area (TPSA) is 105 Å². The molecule has 174 valence electrons. The minimum atomic E-state index is -4.21. The van der Waals surface area contributed by atoms with Crippen molar-refractivity contribution in [2.24, 2.45) is 0 Å². The maximum absolute atomic E-state index is 13.8. The van der Waals surface area contributed by atoms with Crippen molar-refractivity contribution in [2.75, 3.05) is 12.4 Å². The molecule has 10 heteroatoms. The molecule has 0 aliphatic heterocycles. The van der Waals surface area contributed by atoms with Gasteiger partial charge >= 0.3 is 10.1 Å². The summed E-state index contributed by atoms with van der Waals surface area (Å²) in [5.41, 5.74) is 0.692. The molecule has 0 fully saturated rings. The Morgan fingerprint density at radius 1 is 1.15 bits per heavy atom. The first-order chi connectivity index (χ1) is 16.1. The van der Waals surface area contributed by atoms with Crippen LogP contribution in [0.4, 0.5) is 10.1 Å². The lowest BCUT2D eigenvalue weighted by Crippen LogP contribution is -2.14. The molecule has 0 heterocycles. The molecule has 0 atom stereocenters. The molecule has 0 saturated carbocycles. The average molecular weight is 501 g/mol. The molecule has 0 bridgehead atoms. The SMILES string of the molecule is COc1cc(/C=C(\C#N)C(=O)Nc2ccccc2F)cc(Cl)c1OS(=O)(=O)c1ccc(C)cc1. The van der Waals surface area contributed by atoms with Gasteiger partial charge in [-0.1, -0.05) is 41.4 Å². The second-order valence-electron chi connectivity index (χ2n) is 6.99. The number of nitrogens with zero attached hydrogens (tertiary/aromatic N) is 1. The Kier molecular flexibility index (Phi) is 7.56. The lowest BCUT2D eigenvalue weighted by Gasteiger charge is -2.13. The van der Waals surface area contributed by atoms with E-state index in [4.69, 9.17) is 20.5 Å². The van der Waals surface area contributed by atoms with Crippen molar-refractivity contribution in [1.29, 1.82) is 5.26 Å². The van der Waals surface area contributed by atoms with Crippen LogP contribution in [0, 0.1) is 24.1 Å². The number of carbonyl (C=O) groups excluding carboxylic acids is 1. The van der Waals surface area contributed by atoms with Crippen LogP contribution in [-0.4, -0.2) is 21.4 Å². The highest BCUT2D eigenvalue weighted by Gasteiger charge is 2.22. The predicted octanol–water partition coefficient (Wildman–Crippen LogP) is 5.11. The lowest BCUT2D eigenvalue weighted by molar-refractivity contribution is -0.112. The number of amides is 1. The molecular weight excluding hydrogens is 483 g/mol. The van der Waals surface area contributed by atoms with E-state index in [1.165, 1.54) is 61.7 Å². The van der Waals surface area contributed by atoms with E-state index in [2.05, 4.69) is 5.32 Å². The van der Waals surface area contributed by atoms with Gasteiger partial charge in [0.2, 0.25) is 5.75 Å². The maximum Gasteiger partial charge on any atom is 0.339 e. The molecule has 0 aliphatic rings. The van der Waals surface area contributed by atoms with Gasteiger partial charge in [0.1, 0.15) is 22.4 Å². The zero-order valence-electron chi connectivity index (χ0n) is 18.0. The van der Waals surface area contributed by atoms with Crippen molar-refractivity contribution in [2.45, 2.75) is 11.8 Å². The van der Waals surface area contributed by atoms with Crippen LogP contribution in [0.3, 0.4) is 0 Å². The molecule has 3 aromatic rings. The number of ether oxygens (including phenoxy) is 1. The standard InChI is InChI=1S/C24H18ClFN2O5S/c1-15-7-9-18(10-8-15)34(30,31)33-23-19(25)12-16(13-22(23)32-2)11-17(14-27)24(29)28-21-6-4-3-5-20(21)26/h3-13H,1-2H3,(H,28,29)/b17-11+. The molecule has 0 aliphatic carbocycles. The number of anilines is 1. The number of nitrogens with one attached hydrogen (secondary N) is 1. The van der Waals surface area contributed by atoms with Crippen LogP contribution in [0.1, 0.15) is 11.1 Å². The number of halogens is 2. The maximum atomic E-state index is 13.8. The summed E-state index contributed by atoms with van der Waals surface area (Å²) in [7, 11) is -2.93. The van der Waals surface area contributed by atoms with Crippen LogP contribution in [-0.2, 0) is 14.9 Å². The highest BCUT2D eigenvalue weighted by Crippen LogP contribution is 2.39. The van der Waals surface area contributed by atoms with Gasteiger partial charge in [-0.15, -0.1) is 0 Å². The van der Waals surface area contributed by atoms with Crippen LogP contribution in [0.25, 0.3) is 6.08 Å². The Morgan fingerprint density at radius 2 is 1.82 bits per heavy atom. The van der Waals surface area contributed by atoms with Gasteiger partial charge in [-0.25, -0.2) is 4.39 Å². The Morgan fingerprint density at radius 3 is 2.44 bits per heavy atom. The van der Waals surface area contributed by atoms with E-state index in [9.17, 15) is 22.9 Å². The smallest absolute Gasteiger partial charge is 0.339 e. The van der Waals surface area contributed by atoms with E-state index >= 15 is 0 Å². The molecule has 1 amide bonds. The Balaban J connectivity index is 1.92. The first-order valence-electron chi connectivity index (χ1n) is 9.71. The largest absolute Gasteiger partial charge is 0.493 e. The van der Waals surface area contributed by atoms with Crippen LogP contribution in [0.5, 0.6) is 11.5 Å². The molecule has 34 heavy (non-hydrogen) atoms. The van der Waals surface area contributed by atoms with Gasteiger partial charge in [0.05, 0.1) is 17.8 Å². The summed E-state index contributed by atoms with van der Waals surface area (Å²) in [6.07, 6.45) is 1.20. The van der Waals surface area contributed by atoms with Crippen LogP contribution < -0.4 is 14.2 Å². The summed E-state index contributed by atoms with van der Waals surface area (Å²) in [4.78, 5) is 12.4. The molecule has 0 aromatic heterocycles. The zero-order chi connectivity index (χ0) is 24.9. The minimum absolute atomic E-state index is 0.0405. The number of para-hydroxylation sites is 1. The second-order valence-corrected chi connectivity index (χ2v) is 8.94. The van der Waals surface area contributed by atoms with Gasteiger partial charge in [0.15, 0.2) is 5.75 Å². The van der Waals surface area contributed by atoms with Crippen LogP contribution in [0.2, 0.25) is 5.02 Å². The third kappa shape index (κ3) is 5.73. The summed E-state index contributed by atoms with van der Waals surface area (Å²) >= 11 is 6.26. The van der Waals surface area contributed by atoms with E-state index in [0.29, 0.717) is 0 Å². The highest BCUT2D eigenvalue weighted by molar-refractivity contribution is 7.87. The number of hydrogen-bond acceptors (Lipinski definition) is 6. The monoisotopic (exact) mass is 500 g/mol. The van der Waals surface area contributed by atoms with Crippen molar-refractivity contribution >= 4 is 39.4 Å². The summed E-state index contributed by atoms with van der Waals surface area (Å²) in [6.45, 7) is 1.81. The molecule has 3 rings (SSSR count). The summed E-state index contributed by atoms with van der Waals surface area (Å²) in [5, 5.41) is 11.6. The normalized spacial score (nSPS) is 11.4. The third-order valence-electron chi connectivity index (χ3n) is 4.55. The number of hydrogen-bond donors (Lipinski definition) is 1. The van der Waals surface area contributed by atoms with Gasteiger partial charge in [-0.2, -0.15) is 13.7 Å². The van der Waals surface area contributed by atoms with E-state index in [-0.39, 0.29) is 38.2 Å². The van der Waals surface area contributed by atoms with Crippen molar-refractivity contribution in [3.63, 3.8) is 0 Å². The summed E-state index contributed by atoms with van der Waals surface area (Å²) < 4.78 is 49.6. The zero-order valence-corrected chi connectivity index (χ0v) is 19.6. The number of carbonyl (C=O) groups is 1. The fourth-order valence-corrected chi connectivity index (χ4v) is 4.09. The van der Waals surface area contributed by atoms with E-state index in [0.717, 1.165) is 5.56 Å². The van der Waals surface area contributed by atoms with Crippen molar-refractivity contribution in [3.05, 3.63) is 88.2 Å². The van der Waals surface area contributed by atoms with Crippen molar-refractivity contribution in [1.82, 2.24) is 0 Å². The minimum Gasteiger partial charge on any atom is -0.493 e.